The van der Waals surface area contributed by atoms with Crippen LogP contribution in [0.5, 0.6) is 0 Å². The first-order valence-corrected chi connectivity index (χ1v) is 2.17. The van der Waals surface area contributed by atoms with Crippen LogP contribution in [-0.2, 0) is 37.1 Å². The van der Waals surface area contributed by atoms with Gasteiger partial charge in [0.25, 0.3) is 0 Å². The van der Waals surface area contributed by atoms with Crippen LogP contribution in [-0.4, -0.2) is 0 Å². The Balaban J connectivity index is 0. The van der Waals surface area contributed by atoms with E-state index in [9.17, 15) is 0 Å². The number of benzene rings is 1. The summed E-state index contributed by atoms with van der Waals surface area (Å²) >= 11 is 0. The summed E-state index contributed by atoms with van der Waals surface area (Å²) in [5, 5.41) is 0. The zero-order chi connectivity index (χ0) is 5.11. The summed E-state index contributed by atoms with van der Waals surface area (Å²) in [7, 11) is 0. The van der Waals surface area contributed by atoms with E-state index in [-0.39, 0.29) is 37.1 Å². The molecule has 2 heteroatoms. The average Bonchev–Trinajstić information content (AvgIpc) is 1.69. The predicted molar refractivity (Wildman–Crippen MR) is 29.7 cm³/mol. The Bertz CT molecular complexity index is 137. The second-order valence-corrected chi connectivity index (χ2v) is 1.41. The van der Waals surface area contributed by atoms with E-state index in [4.69, 9.17) is 0 Å². The maximum Gasteiger partial charge on any atom is 0 e. The third kappa shape index (κ3) is 4.74. The zero-order valence-electron chi connectivity index (χ0n) is 4.91. The molecule has 9 heavy (non-hydrogen) atoms. The van der Waals surface area contributed by atoms with Crippen LogP contribution < -0.4 is 0 Å². The Morgan fingerprint density at radius 2 is 1.56 bits per heavy atom. The van der Waals surface area contributed by atoms with E-state index in [2.05, 4.69) is 13.0 Å². The maximum absolute atomic E-state index is 3.70. The van der Waals surface area contributed by atoms with Crippen LogP contribution in [0.15, 0.2) is 24.3 Å². The molecule has 0 saturated heterocycles. The fourth-order valence-corrected chi connectivity index (χ4v) is 0.421. The Morgan fingerprint density at radius 3 is 1.78 bits per heavy atom. The molecule has 0 aromatic heterocycles. The molecular formula is C7H6V2-2. The molecule has 0 atom stereocenters. The van der Waals surface area contributed by atoms with Gasteiger partial charge in [-0.2, -0.15) is 42.8 Å². The fraction of sp³-hybridized carbons (Fsp3) is 0. The van der Waals surface area contributed by atoms with E-state index in [1.807, 2.05) is 24.3 Å². The average molecular weight is 192 g/mol. The molecule has 0 saturated carbocycles. The van der Waals surface area contributed by atoms with Gasteiger partial charge in [-0.1, -0.05) is 0 Å². The Kier molecular flexibility index (Phi) is 8.50. The molecule has 1 aromatic carbocycles. The van der Waals surface area contributed by atoms with Gasteiger partial charge in [-0.05, 0) is 0 Å². The molecule has 2 radical (unpaired) electrons. The van der Waals surface area contributed by atoms with E-state index in [1.165, 1.54) is 0 Å². The third-order valence-corrected chi connectivity index (χ3v) is 0.787. The first kappa shape index (κ1) is 12.0. The van der Waals surface area contributed by atoms with Crippen molar-refractivity contribution < 1.29 is 37.1 Å². The minimum atomic E-state index is 0. The molecule has 46 valence electrons. The molecule has 0 heterocycles. The molecule has 0 aliphatic carbocycles. The van der Waals surface area contributed by atoms with E-state index >= 15 is 0 Å². The number of hydrogen-bond donors (Lipinski definition) is 0. The van der Waals surface area contributed by atoms with Crippen LogP contribution in [0, 0.1) is 13.0 Å². The topological polar surface area (TPSA) is 0 Å². The second kappa shape index (κ2) is 6.38. The minimum Gasteiger partial charge on any atom is -0.199 e. The Morgan fingerprint density at radius 1 is 1.11 bits per heavy atom. The standard InChI is InChI=1S/C7H6.2V/c1-7-5-3-2-4-6-7;;/h3-6H,1H2;;/q-2;;. The summed E-state index contributed by atoms with van der Waals surface area (Å²) in [5.74, 6) is 0. The quantitative estimate of drug-likeness (QED) is 0.548. The number of hydrogen-bond acceptors (Lipinski definition) is 0. The monoisotopic (exact) mass is 192 g/mol. The Hall–Kier alpha value is 0.259. The first-order valence-electron chi connectivity index (χ1n) is 2.17. The van der Waals surface area contributed by atoms with Gasteiger partial charge in [-0.3, -0.25) is 0 Å². The van der Waals surface area contributed by atoms with Gasteiger partial charge in [0.15, 0.2) is 0 Å². The summed E-state index contributed by atoms with van der Waals surface area (Å²) in [6.45, 7) is 3.70. The molecule has 0 N–H and O–H groups in total. The predicted octanol–water partition coefficient (Wildman–Crippen LogP) is 1.66. The van der Waals surface area contributed by atoms with Gasteiger partial charge in [0.05, 0.1) is 0 Å². The van der Waals surface area contributed by atoms with Crippen molar-refractivity contribution in [2.24, 2.45) is 0 Å². The van der Waals surface area contributed by atoms with E-state index < -0.39 is 0 Å². The summed E-state index contributed by atoms with van der Waals surface area (Å²) in [5.41, 5.74) is 1.04. The molecule has 0 spiro atoms. The minimum absolute atomic E-state index is 0. The molecule has 1 rings (SSSR count). The van der Waals surface area contributed by atoms with Crippen molar-refractivity contribution in [2.45, 2.75) is 0 Å². The van der Waals surface area contributed by atoms with Gasteiger partial charge < -0.3 is 0 Å². The third-order valence-electron chi connectivity index (χ3n) is 0.787. The van der Waals surface area contributed by atoms with Crippen LogP contribution in [0.2, 0.25) is 0 Å². The molecule has 0 aliphatic heterocycles. The SMILES string of the molecule is [CH2-]c1cc[c-]cc1.[V].[V]. The van der Waals surface area contributed by atoms with Gasteiger partial charge >= 0.3 is 0 Å². The second-order valence-electron chi connectivity index (χ2n) is 1.41. The molecule has 0 bridgehead atoms. The van der Waals surface area contributed by atoms with Crippen LogP contribution >= 0.6 is 0 Å². The molecule has 1 aromatic rings. The van der Waals surface area contributed by atoms with Crippen molar-refractivity contribution in [3.8, 4) is 0 Å². The van der Waals surface area contributed by atoms with Gasteiger partial charge in [0.1, 0.15) is 0 Å². The number of rotatable bonds is 0. The first-order chi connectivity index (χ1) is 3.39. The van der Waals surface area contributed by atoms with Crippen molar-refractivity contribution in [1.82, 2.24) is 0 Å². The summed E-state index contributed by atoms with van der Waals surface area (Å²) in [6, 6.07) is 10.4. The van der Waals surface area contributed by atoms with E-state index in [0.29, 0.717) is 0 Å². The Labute approximate surface area is 79.8 Å². The van der Waals surface area contributed by atoms with Gasteiger partial charge in [-0.25, -0.2) is 0 Å². The van der Waals surface area contributed by atoms with Gasteiger partial charge in [0, 0.05) is 37.1 Å². The summed E-state index contributed by atoms with van der Waals surface area (Å²) in [4.78, 5) is 0. The molecule has 0 aliphatic rings. The molecular weight excluding hydrogens is 186 g/mol. The van der Waals surface area contributed by atoms with Gasteiger partial charge in [0.2, 0.25) is 0 Å². The van der Waals surface area contributed by atoms with Gasteiger partial charge in [-0.15, -0.1) is 0 Å². The van der Waals surface area contributed by atoms with Crippen molar-refractivity contribution in [1.29, 1.82) is 0 Å². The van der Waals surface area contributed by atoms with Crippen LogP contribution in [0.25, 0.3) is 0 Å². The summed E-state index contributed by atoms with van der Waals surface area (Å²) in [6.07, 6.45) is 0. The fourth-order valence-electron chi connectivity index (χ4n) is 0.421. The molecule has 0 amide bonds. The van der Waals surface area contributed by atoms with Crippen molar-refractivity contribution >= 4 is 0 Å². The molecule has 0 nitrogen and oxygen atoms in total. The van der Waals surface area contributed by atoms with Crippen molar-refractivity contribution in [3.05, 3.63) is 42.8 Å². The van der Waals surface area contributed by atoms with Crippen LogP contribution in [0.4, 0.5) is 0 Å². The van der Waals surface area contributed by atoms with Crippen molar-refractivity contribution in [3.63, 3.8) is 0 Å². The van der Waals surface area contributed by atoms with Crippen LogP contribution in [0.3, 0.4) is 0 Å². The maximum atomic E-state index is 3.70. The largest absolute Gasteiger partial charge is 0.199 e. The summed E-state index contributed by atoms with van der Waals surface area (Å²) < 4.78 is 0. The molecule has 0 fully saturated rings. The normalized spacial score (nSPS) is 6.67. The van der Waals surface area contributed by atoms with E-state index in [0.717, 1.165) is 5.56 Å². The van der Waals surface area contributed by atoms with Crippen molar-refractivity contribution in [2.75, 3.05) is 0 Å². The zero-order valence-corrected chi connectivity index (χ0v) is 7.70. The molecule has 0 unspecified atom stereocenters. The van der Waals surface area contributed by atoms with E-state index in [1.54, 1.807) is 0 Å². The smallest absolute Gasteiger partial charge is 0 e. The van der Waals surface area contributed by atoms with Crippen LogP contribution in [0.1, 0.15) is 5.56 Å².